The Morgan fingerprint density at radius 1 is 1.20 bits per heavy atom. The molecule has 0 saturated carbocycles. The van der Waals surface area contributed by atoms with Gasteiger partial charge in [0.25, 0.3) is 0 Å². The van der Waals surface area contributed by atoms with Gasteiger partial charge < -0.3 is 10.5 Å². The maximum Gasteiger partial charge on any atom is 0.242 e. The van der Waals surface area contributed by atoms with Gasteiger partial charge in [-0.05, 0) is 30.3 Å². The maximum absolute atomic E-state index is 5.82. The number of ether oxygens (including phenoxy) is 1. The topological polar surface area (TPSA) is 48.1 Å². The normalized spacial score (nSPS) is 9.93. The smallest absolute Gasteiger partial charge is 0.242 e. The summed E-state index contributed by atoms with van der Waals surface area (Å²) in [6.45, 7) is 0. The quantitative estimate of drug-likeness (QED) is 0.846. The fraction of sp³-hybridized carbons (Fsp3) is 0. The van der Waals surface area contributed by atoms with E-state index in [2.05, 4.69) is 4.98 Å². The first kappa shape index (κ1) is 9.80. The van der Waals surface area contributed by atoms with Gasteiger partial charge in [-0.1, -0.05) is 17.7 Å². The summed E-state index contributed by atoms with van der Waals surface area (Å²) in [4.78, 5) is 4.01. The fourth-order valence-electron chi connectivity index (χ4n) is 1.13. The van der Waals surface area contributed by atoms with Gasteiger partial charge >= 0.3 is 0 Å². The third kappa shape index (κ3) is 2.39. The van der Waals surface area contributed by atoms with Crippen molar-refractivity contribution in [3.8, 4) is 11.6 Å². The zero-order valence-electron chi connectivity index (χ0n) is 7.85. The summed E-state index contributed by atoms with van der Waals surface area (Å²) in [7, 11) is 0. The van der Waals surface area contributed by atoms with E-state index in [4.69, 9.17) is 22.1 Å². The zero-order chi connectivity index (χ0) is 10.7. The molecule has 0 amide bonds. The van der Waals surface area contributed by atoms with Crippen molar-refractivity contribution in [1.82, 2.24) is 4.98 Å². The number of anilines is 1. The molecule has 0 spiro atoms. The fourth-order valence-corrected chi connectivity index (χ4v) is 1.31. The molecule has 0 unspecified atom stereocenters. The van der Waals surface area contributed by atoms with Crippen molar-refractivity contribution in [3.63, 3.8) is 0 Å². The Hall–Kier alpha value is -1.74. The molecule has 0 bridgehead atoms. The molecule has 0 aliphatic rings. The second-order valence-corrected chi connectivity index (χ2v) is 3.39. The van der Waals surface area contributed by atoms with Crippen molar-refractivity contribution in [1.29, 1.82) is 0 Å². The number of hydrogen-bond acceptors (Lipinski definition) is 3. The van der Waals surface area contributed by atoms with Gasteiger partial charge in [0.05, 0.1) is 5.69 Å². The van der Waals surface area contributed by atoms with Crippen molar-refractivity contribution in [3.05, 3.63) is 47.6 Å². The van der Waals surface area contributed by atoms with E-state index >= 15 is 0 Å². The molecule has 1 aromatic heterocycles. The molecular weight excluding hydrogens is 212 g/mol. The first-order chi connectivity index (χ1) is 7.25. The highest BCUT2D eigenvalue weighted by molar-refractivity contribution is 6.30. The van der Waals surface area contributed by atoms with Crippen LogP contribution in [-0.2, 0) is 0 Å². The van der Waals surface area contributed by atoms with E-state index in [1.807, 2.05) is 0 Å². The molecule has 2 N–H and O–H groups in total. The highest BCUT2D eigenvalue weighted by Gasteiger charge is 2.02. The number of aromatic nitrogens is 1. The molecule has 4 heteroatoms. The highest BCUT2D eigenvalue weighted by Crippen LogP contribution is 2.25. The number of benzene rings is 1. The SMILES string of the molecule is Nc1cccnc1Oc1cccc(Cl)c1. The number of halogens is 1. The third-order valence-corrected chi connectivity index (χ3v) is 2.05. The number of hydrogen-bond donors (Lipinski definition) is 1. The molecule has 76 valence electrons. The summed E-state index contributed by atoms with van der Waals surface area (Å²) in [5, 5.41) is 0.613. The predicted molar refractivity (Wildman–Crippen MR) is 60.2 cm³/mol. The van der Waals surface area contributed by atoms with Crippen LogP contribution in [0.15, 0.2) is 42.6 Å². The minimum Gasteiger partial charge on any atom is -0.437 e. The van der Waals surface area contributed by atoms with Gasteiger partial charge in [-0.2, -0.15) is 0 Å². The van der Waals surface area contributed by atoms with E-state index in [0.717, 1.165) is 0 Å². The van der Waals surface area contributed by atoms with E-state index in [1.165, 1.54) is 0 Å². The minimum absolute atomic E-state index is 0.389. The van der Waals surface area contributed by atoms with Crippen LogP contribution in [0, 0.1) is 0 Å². The van der Waals surface area contributed by atoms with Gasteiger partial charge in [-0.3, -0.25) is 0 Å². The second kappa shape index (κ2) is 4.19. The van der Waals surface area contributed by atoms with Crippen LogP contribution in [0.25, 0.3) is 0 Å². The zero-order valence-corrected chi connectivity index (χ0v) is 8.61. The summed E-state index contributed by atoms with van der Waals surface area (Å²) >= 11 is 5.82. The van der Waals surface area contributed by atoms with E-state index in [1.54, 1.807) is 42.6 Å². The number of pyridine rings is 1. The van der Waals surface area contributed by atoms with Crippen LogP contribution in [0.2, 0.25) is 5.02 Å². The van der Waals surface area contributed by atoms with Crippen LogP contribution in [0.3, 0.4) is 0 Å². The number of rotatable bonds is 2. The van der Waals surface area contributed by atoms with Crippen molar-refractivity contribution in [2.75, 3.05) is 5.73 Å². The van der Waals surface area contributed by atoms with Gasteiger partial charge in [0.15, 0.2) is 0 Å². The van der Waals surface area contributed by atoms with E-state index in [0.29, 0.717) is 22.3 Å². The molecule has 3 nitrogen and oxygen atoms in total. The van der Waals surface area contributed by atoms with Crippen LogP contribution in [-0.4, -0.2) is 4.98 Å². The van der Waals surface area contributed by atoms with Gasteiger partial charge in [-0.15, -0.1) is 0 Å². The van der Waals surface area contributed by atoms with E-state index in [9.17, 15) is 0 Å². The Kier molecular flexibility index (Phi) is 2.74. The molecule has 2 rings (SSSR count). The highest BCUT2D eigenvalue weighted by atomic mass is 35.5. The Balaban J connectivity index is 2.26. The average molecular weight is 221 g/mol. The van der Waals surface area contributed by atoms with Crippen molar-refractivity contribution >= 4 is 17.3 Å². The van der Waals surface area contributed by atoms with Crippen LogP contribution >= 0.6 is 11.6 Å². The molecule has 0 atom stereocenters. The summed E-state index contributed by atoms with van der Waals surface area (Å²) < 4.78 is 5.47. The Morgan fingerprint density at radius 3 is 2.80 bits per heavy atom. The number of nitrogen functional groups attached to an aromatic ring is 1. The third-order valence-electron chi connectivity index (χ3n) is 1.81. The lowest BCUT2D eigenvalue weighted by atomic mass is 10.3. The van der Waals surface area contributed by atoms with Crippen LogP contribution in [0.1, 0.15) is 0 Å². The summed E-state index contributed by atoms with van der Waals surface area (Å²) in [5.74, 6) is 1.01. The Bertz CT molecular complexity index is 474. The molecule has 0 radical (unpaired) electrons. The lowest BCUT2D eigenvalue weighted by molar-refractivity contribution is 0.465. The number of nitrogens with two attached hydrogens (primary N) is 1. The lowest BCUT2D eigenvalue weighted by Crippen LogP contribution is -1.93. The minimum atomic E-state index is 0.389. The van der Waals surface area contributed by atoms with Gasteiger partial charge in [0.2, 0.25) is 5.88 Å². The van der Waals surface area contributed by atoms with Gasteiger partial charge in [0, 0.05) is 11.2 Å². The van der Waals surface area contributed by atoms with Gasteiger partial charge in [0.1, 0.15) is 5.75 Å². The number of nitrogens with zero attached hydrogens (tertiary/aromatic N) is 1. The first-order valence-electron chi connectivity index (χ1n) is 4.39. The monoisotopic (exact) mass is 220 g/mol. The standard InChI is InChI=1S/C11H9ClN2O/c12-8-3-1-4-9(7-8)15-11-10(13)5-2-6-14-11/h1-7H,13H2. The summed E-state index contributed by atoms with van der Waals surface area (Å²) in [6.07, 6.45) is 1.62. The van der Waals surface area contributed by atoms with Crippen molar-refractivity contribution in [2.45, 2.75) is 0 Å². The molecule has 2 aromatic rings. The molecule has 1 heterocycles. The Morgan fingerprint density at radius 2 is 2.07 bits per heavy atom. The Labute approximate surface area is 92.5 Å². The largest absolute Gasteiger partial charge is 0.437 e. The van der Waals surface area contributed by atoms with Crippen molar-refractivity contribution < 1.29 is 4.74 Å². The lowest BCUT2D eigenvalue weighted by Gasteiger charge is -2.06. The predicted octanol–water partition coefficient (Wildman–Crippen LogP) is 3.11. The molecule has 0 aliphatic carbocycles. The van der Waals surface area contributed by atoms with E-state index < -0.39 is 0 Å². The van der Waals surface area contributed by atoms with Gasteiger partial charge in [-0.25, -0.2) is 4.98 Å². The molecule has 0 aliphatic heterocycles. The van der Waals surface area contributed by atoms with Crippen LogP contribution in [0.5, 0.6) is 11.6 Å². The second-order valence-electron chi connectivity index (χ2n) is 2.96. The molecule has 1 aromatic carbocycles. The molecule has 0 saturated heterocycles. The summed E-state index contributed by atoms with van der Waals surface area (Å²) in [5.41, 5.74) is 6.18. The van der Waals surface area contributed by atoms with Crippen LogP contribution in [0.4, 0.5) is 5.69 Å². The average Bonchev–Trinajstić information content (AvgIpc) is 2.22. The molecule has 0 fully saturated rings. The van der Waals surface area contributed by atoms with Crippen LogP contribution < -0.4 is 10.5 Å². The molecular formula is C11H9ClN2O. The van der Waals surface area contributed by atoms with Crippen molar-refractivity contribution in [2.24, 2.45) is 0 Å². The molecule has 15 heavy (non-hydrogen) atoms. The first-order valence-corrected chi connectivity index (χ1v) is 4.77. The van der Waals surface area contributed by atoms with E-state index in [-0.39, 0.29) is 0 Å². The summed E-state index contributed by atoms with van der Waals surface area (Å²) in [6, 6.07) is 10.6. The maximum atomic E-state index is 5.82.